The smallest absolute Gasteiger partial charge is 0.337 e. The molecule has 0 heterocycles. The van der Waals surface area contributed by atoms with Crippen LogP contribution in [0.25, 0.3) is 6.08 Å². The molecule has 19 heavy (non-hydrogen) atoms. The van der Waals surface area contributed by atoms with Gasteiger partial charge < -0.3 is 9.47 Å². The second-order valence-corrected chi connectivity index (χ2v) is 4.55. The number of esters is 1. The van der Waals surface area contributed by atoms with E-state index in [-0.39, 0.29) is 5.97 Å². The van der Waals surface area contributed by atoms with Gasteiger partial charge in [-0.2, -0.15) is 0 Å². The molecule has 0 saturated carbocycles. The monoisotopic (exact) mass is 324 g/mol. The lowest BCUT2D eigenvalue weighted by molar-refractivity contribution is -0.138. The second kappa shape index (κ2) is 7.79. The highest BCUT2D eigenvalue weighted by Gasteiger charge is 2.05. The number of allylic oxidation sites excluding steroid dienone is 1. The quantitative estimate of drug-likeness (QED) is 0.467. The van der Waals surface area contributed by atoms with Gasteiger partial charge in [-0.15, -0.1) is 0 Å². The number of methoxy groups -OCH3 is 1. The Hall–Kier alpha value is -1.55. The molecule has 0 amide bonds. The highest BCUT2D eigenvalue weighted by Crippen LogP contribution is 2.26. The molecule has 0 aromatic heterocycles. The Balaban J connectivity index is 2.86. The Bertz CT molecular complexity index is 504. The van der Waals surface area contributed by atoms with Crippen LogP contribution in [-0.2, 0) is 9.53 Å². The van der Waals surface area contributed by atoms with E-state index in [1.807, 2.05) is 24.3 Å². The van der Waals surface area contributed by atoms with Gasteiger partial charge in [-0.25, -0.2) is 4.79 Å². The van der Waals surface area contributed by atoms with Crippen LogP contribution in [0, 0.1) is 0 Å². The number of halogens is 1. The minimum atomic E-state index is -0.311. The molecule has 0 radical (unpaired) electrons. The van der Waals surface area contributed by atoms with Gasteiger partial charge in [0.1, 0.15) is 5.75 Å². The fraction of sp³-hybridized carbons (Fsp3) is 0.267. The van der Waals surface area contributed by atoms with Crippen molar-refractivity contribution in [2.75, 3.05) is 13.7 Å². The van der Waals surface area contributed by atoms with E-state index in [1.54, 1.807) is 33.1 Å². The minimum Gasteiger partial charge on any atom is -0.496 e. The summed E-state index contributed by atoms with van der Waals surface area (Å²) < 4.78 is 11.0. The number of hydrogen-bond acceptors (Lipinski definition) is 3. The summed E-state index contributed by atoms with van der Waals surface area (Å²) in [5, 5.41) is 0. The van der Waals surface area contributed by atoms with Crippen molar-refractivity contribution in [3.05, 3.63) is 46.0 Å². The SMILES string of the molecule is C/C=C(\C=C\c1ccc(OC)c(Br)c1)C(=O)OCC. The minimum absolute atomic E-state index is 0.311. The van der Waals surface area contributed by atoms with Gasteiger partial charge in [-0.3, -0.25) is 0 Å². The van der Waals surface area contributed by atoms with E-state index < -0.39 is 0 Å². The molecule has 0 unspecified atom stereocenters. The van der Waals surface area contributed by atoms with Crippen molar-refractivity contribution in [1.82, 2.24) is 0 Å². The fourth-order valence-corrected chi connectivity index (χ4v) is 2.03. The summed E-state index contributed by atoms with van der Waals surface area (Å²) in [6, 6.07) is 5.70. The first-order chi connectivity index (χ1) is 9.12. The molecule has 0 atom stereocenters. The van der Waals surface area contributed by atoms with Crippen LogP contribution >= 0.6 is 15.9 Å². The molecule has 1 aromatic rings. The zero-order valence-electron chi connectivity index (χ0n) is 11.3. The van der Waals surface area contributed by atoms with Crippen LogP contribution in [0.15, 0.2) is 40.4 Å². The van der Waals surface area contributed by atoms with Gasteiger partial charge in [0.05, 0.1) is 23.8 Å². The van der Waals surface area contributed by atoms with Crippen molar-refractivity contribution in [1.29, 1.82) is 0 Å². The van der Waals surface area contributed by atoms with Gasteiger partial charge in [-0.05, 0) is 53.5 Å². The summed E-state index contributed by atoms with van der Waals surface area (Å²) in [6.45, 7) is 3.97. The molecule has 102 valence electrons. The van der Waals surface area contributed by atoms with Crippen LogP contribution in [0.1, 0.15) is 19.4 Å². The van der Waals surface area contributed by atoms with Crippen molar-refractivity contribution < 1.29 is 14.3 Å². The molecule has 0 spiro atoms. The molecule has 4 heteroatoms. The Morgan fingerprint density at radius 3 is 2.68 bits per heavy atom. The van der Waals surface area contributed by atoms with E-state index in [0.29, 0.717) is 12.2 Å². The van der Waals surface area contributed by atoms with Crippen molar-refractivity contribution in [3.8, 4) is 5.75 Å². The predicted molar refractivity (Wildman–Crippen MR) is 80.1 cm³/mol. The van der Waals surface area contributed by atoms with E-state index in [0.717, 1.165) is 15.8 Å². The number of carbonyl (C=O) groups excluding carboxylic acids is 1. The lowest BCUT2D eigenvalue weighted by Crippen LogP contribution is -2.05. The number of carbonyl (C=O) groups is 1. The number of benzene rings is 1. The zero-order chi connectivity index (χ0) is 14.3. The Labute approximate surface area is 122 Å². The van der Waals surface area contributed by atoms with E-state index >= 15 is 0 Å². The fourth-order valence-electron chi connectivity index (χ4n) is 1.47. The van der Waals surface area contributed by atoms with Gasteiger partial charge in [0.2, 0.25) is 0 Å². The van der Waals surface area contributed by atoms with Crippen LogP contribution in [0.5, 0.6) is 5.75 Å². The lowest BCUT2D eigenvalue weighted by Gasteiger charge is -2.04. The Kier molecular flexibility index (Phi) is 6.36. The standard InChI is InChI=1S/C15H17BrO3/c1-4-12(15(17)19-5-2)8-6-11-7-9-14(18-3)13(16)10-11/h4,6-10H,5H2,1-3H3/b8-6+,12-4+. The van der Waals surface area contributed by atoms with Crippen LogP contribution in [-0.4, -0.2) is 19.7 Å². The van der Waals surface area contributed by atoms with Crippen LogP contribution in [0.2, 0.25) is 0 Å². The van der Waals surface area contributed by atoms with Gasteiger partial charge in [-0.1, -0.05) is 18.2 Å². The van der Waals surface area contributed by atoms with E-state index in [1.165, 1.54) is 0 Å². The molecule has 0 aliphatic heterocycles. The summed E-state index contributed by atoms with van der Waals surface area (Å²) in [6.07, 6.45) is 5.33. The summed E-state index contributed by atoms with van der Waals surface area (Å²) in [4.78, 5) is 11.6. The third-order valence-electron chi connectivity index (χ3n) is 2.45. The summed E-state index contributed by atoms with van der Waals surface area (Å²) in [5.74, 6) is 0.461. The van der Waals surface area contributed by atoms with Crippen molar-refractivity contribution in [2.24, 2.45) is 0 Å². The third kappa shape index (κ3) is 4.56. The molecular weight excluding hydrogens is 308 g/mol. The normalized spacial score (nSPS) is 11.7. The lowest BCUT2D eigenvalue weighted by atomic mass is 10.1. The molecule has 0 aliphatic carbocycles. The number of ether oxygens (including phenoxy) is 2. The third-order valence-corrected chi connectivity index (χ3v) is 3.07. The average Bonchev–Trinajstić information content (AvgIpc) is 2.40. The largest absolute Gasteiger partial charge is 0.496 e. The maximum absolute atomic E-state index is 11.6. The van der Waals surface area contributed by atoms with Crippen LogP contribution in [0.3, 0.4) is 0 Å². The molecule has 0 fully saturated rings. The van der Waals surface area contributed by atoms with Crippen LogP contribution < -0.4 is 4.74 Å². The van der Waals surface area contributed by atoms with Crippen molar-refractivity contribution >= 4 is 28.0 Å². The molecule has 0 bridgehead atoms. The van der Waals surface area contributed by atoms with E-state index in [2.05, 4.69) is 15.9 Å². The Morgan fingerprint density at radius 1 is 1.42 bits per heavy atom. The molecular formula is C15H17BrO3. The maximum Gasteiger partial charge on any atom is 0.337 e. The first-order valence-electron chi connectivity index (χ1n) is 5.97. The van der Waals surface area contributed by atoms with Gasteiger partial charge >= 0.3 is 5.97 Å². The maximum atomic E-state index is 11.6. The van der Waals surface area contributed by atoms with E-state index in [4.69, 9.17) is 9.47 Å². The Morgan fingerprint density at radius 2 is 2.16 bits per heavy atom. The molecule has 0 aliphatic rings. The molecule has 0 saturated heterocycles. The summed E-state index contributed by atoms with van der Waals surface area (Å²) in [5.41, 5.74) is 1.50. The van der Waals surface area contributed by atoms with Crippen LogP contribution in [0.4, 0.5) is 0 Å². The highest BCUT2D eigenvalue weighted by atomic mass is 79.9. The van der Waals surface area contributed by atoms with Crippen molar-refractivity contribution in [2.45, 2.75) is 13.8 Å². The highest BCUT2D eigenvalue weighted by molar-refractivity contribution is 9.10. The first-order valence-corrected chi connectivity index (χ1v) is 6.76. The predicted octanol–water partition coefficient (Wildman–Crippen LogP) is 3.98. The van der Waals surface area contributed by atoms with Gasteiger partial charge in [0.15, 0.2) is 0 Å². The van der Waals surface area contributed by atoms with E-state index in [9.17, 15) is 4.79 Å². The molecule has 1 aromatic carbocycles. The van der Waals surface area contributed by atoms with Crippen molar-refractivity contribution in [3.63, 3.8) is 0 Å². The second-order valence-electron chi connectivity index (χ2n) is 3.69. The molecule has 0 N–H and O–H groups in total. The molecule has 1 rings (SSSR count). The average molecular weight is 325 g/mol. The number of hydrogen-bond donors (Lipinski definition) is 0. The zero-order valence-corrected chi connectivity index (χ0v) is 12.9. The molecule has 3 nitrogen and oxygen atoms in total. The number of rotatable bonds is 5. The topological polar surface area (TPSA) is 35.5 Å². The summed E-state index contributed by atoms with van der Waals surface area (Å²) >= 11 is 3.42. The van der Waals surface area contributed by atoms with Gasteiger partial charge in [0.25, 0.3) is 0 Å². The summed E-state index contributed by atoms with van der Waals surface area (Å²) in [7, 11) is 1.62. The first kappa shape index (κ1) is 15.5. The van der Waals surface area contributed by atoms with Gasteiger partial charge in [0, 0.05) is 0 Å².